The topological polar surface area (TPSA) is 92.0 Å². The van der Waals surface area contributed by atoms with Crippen molar-refractivity contribution in [2.75, 3.05) is 0 Å². The van der Waals surface area contributed by atoms with Crippen LogP contribution in [-0.2, 0) is 35.0 Å². The summed E-state index contributed by atoms with van der Waals surface area (Å²) in [6.07, 6.45) is 10.9. The minimum absolute atomic E-state index is 0.271. The number of esters is 3. The Morgan fingerprint density at radius 2 is 1.88 bits per heavy atom. The largest absolute Gasteiger partial charge is 0.472 e. The number of furan rings is 1. The molecule has 7 nitrogen and oxygen atoms in total. The fraction of sp³-hybridized carbons (Fsp3) is 0.577. The van der Waals surface area contributed by atoms with E-state index in [1.165, 1.54) is 13.8 Å². The first-order valence-corrected chi connectivity index (χ1v) is 11.5. The summed E-state index contributed by atoms with van der Waals surface area (Å²) in [6.45, 7) is 8.56. The molecule has 0 spiro atoms. The van der Waals surface area contributed by atoms with Gasteiger partial charge in [0.25, 0.3) is 0 Å². The van der Waals surface area contributed by atoms with Gasteiger partial charge in [-0.25, -0.2) is 0 Å². The fourth-order valence-electron chi connectivity index (χ4n) is 4.06. The second-order valence-corrected chi connectivity index (χ2v) is 9.01. The van der Waals surface area contributed by atoms with E-state index in [2.05, 4.69) is 6.08 Å². The smallest absolute Gasteiger partial charge is 0.306 e. The molecule has 1 aromatic rings. The van der Waals surface area contributed by atoms with Gasteiger partial charge in [-0.1, -0.05) is 17.2 Å². The molecule has 182 valence electrons. The normalized spacial score (nSPS) is 20.8. The lowest BCUT2D eigenvalue weighted by Gasteiger charge is -2.32. The molecule has 2 heterocycles. The average Bonchev–Trinajstić information content (AvgIpc) is 3.34. The Kier molecular flexibility index (Phi) is 9.95. The molecule has 0 saturated carbocycles. The van der Waals surface area contributed by atoms with E-state index in [1.807, 2.05) is 32.9 Å². The SMILES string of the molecule is CC(=O)OC(C=C(C)CCC(OC(C)=O)C1(C)CCC(=O)O1)CC(C)=CCCc1ccoc1. The molecular weight excluding hydrogens is 424 g/mol. The van der Waals surface area contributed by atoms with E-state index in [1.54, 1.807) is 12.5 Å². The fourth-order valence-corrected chi connectivity index (χ4v) is 4.06. The summed E-state index contributed by atoms with van der Waals surface area (Å²) in [5.74, 6) is -1.01. The van der Waals surface area contributed by atoms with Gasteiger partial charge >= 0.3 is 17.9 Å². The summed E-state index contributed by atoms with van der Waals surface area (Å²) in [5, 5.41) is 0. The number of ether oxygens (including phenoxy) is 3. The molecule has 0 aliphatic carbocycles. The van der Waals surface area contributed by atoms with E-state index in [-0.39, 0.29) is 18.0 Å². The van der Waals surface area contributed by atoms with Crippen molar-refractivity contribution in [2.45, 2.75) is 97.4 Å². The number of aryl methyl sites for hydroxylation is 1. The van der Waals surface area contributed by atoms with Crippen LogP contribution < -0.4 is 0 Å². The van der Waals surface area contributed by atoms with Crippen LogP contribution >= 0.6 is 0 Å². The number of carbonyl (C=O) groups is 3. The van der Waals surface area contributed by atoms with Crippen LogP contribution in [0, 0.1) is 0 Å². The van der Waals surface area contributed by atoms with Crippen LogP contribution in [0.2, 0.25) is 0 Å². The maximum Gasteiger partial charge on any atom is 0.306 e. The third-order valence-electron chi connectivity index (χ3n) is 5.78. The Labute approximate surface area is 196 Å². The first-order valence-electron chi connectivity index (χ1n) is 11.5. The summed E-state index contributed by atoms with van der Waals surface area (Å²) in [5.41, 5.74) is 2.48. The molecule has 7 heteroatoms. The molecule has 0 N–H and O–H groups in total. The standard InChI is InChI=1S/C26H36O7/c1-18(7-6-8-22-12-14-30-17-22)15-23(31-20(3)27)16-19(2)9-10-24(32-21(4)28)26(5)13-11-25(29)33-26/h7,12,14,16-17,23-24H,6,8-11,13,15H2,1-5H3. The van der Waals surface area contributed by atoms with Crippen molar-refractivity contribution < 1.29 is 33.0 Å². The second-order valence-electron chi connectivity index (χ2n) is 9.01. The highest BCUT2D eigenvalue weighted by Crippen LogP contribution is 2.34. The molecule has 1 fully saturated rings. The van der Waals surface area contributed by atoms with E-state index >= 15 is 0 Å². The first-order chi connectivity index (χ1) is 15.6. The van der Waals surface area contributed by atoms with Crippen LogP contribution in [0.25, 0.3) is 0 Å². The number of hydrogen-bond acceptors (Lipinski definition) is 7. The number of cyclic esters (lactones) is 1. The van der Waals surface area contributed by atoms with Crippen LogP contribution in [0.15, 0.2) is 46.3 Å². The zero-order valence-corrected chi connectivity index (χ0v) is 20.3. The van der Waals surface area contributed by atoms with Crippen LogP contribution in [0.5, 0.6) is 0 Å². The van der Waals surface area contributed by atoms with E-state index < -0.39 is 17.7 Å². The molecule has 0 bridgehead atoms. The number of allylic oxidation sites excluding steroid dienone is 2. The highest BCUT2D eigenvalue weighted by Gasteiger charge is 2.44. The predicted octanol–water partition coefficient (Wildman–Crippen LogP) is 5.23. The average molecular weight is 461 g/mol. The molecule has 0 radical (unpaired) electrons. The summed E-state index contributed by atoms with van der Waals surface area (Å²) < 4.78 is 21.6. The minimum atomic E-state index is -0.813. The molecule has 33 heavy (non-hydrogen) atoms. The second kappa shape index (κ2) is 12.4. The van der Waals surface area contributed by atoms with E-state index in [0.717, 1.165) is 29.6 Å². The van der Waals surface area contributed by atoms with Crippen LogP contribution in [0.4, 0.5) is 0 Å². The molecule has 2 rings (SSSR count). The number of carbonyl (C=O) groups excluding carboxylic acids is 3. The third kappa shape index (κ3) is 9.28. The molecule has 3 atom stereocenters. The van der Waals surface area contributed by atoms with Gasteiger partial charge in [0.05, 0.1) is 12.5 Å². The quantitative estimate of drug-likeness (QED) is 0.239. The van der Waals surface area contributed by atoms with Gasteiger partial charge in [-0.05, 0) is 64.2 Å². The van der Waals surface area contributed by atoms with Gasteiger partial charge in [0.1, 0.15) is 17.8 Å². The van der Waals surface area contributed by atoms with Crippen molar-refractivity contribution in [1.29, 1.82) is 0 Å². The van der Waals surface area contributed by atoms with E-state index in [0.29, 0.717) is 32.1 Å². The lowest BCUT2D eigenvalue weighted by molar-refractivity contribution is -0.172. The van der Waals surface area contributed by atoms with Crippen molar-refractivity contribution >= 4 is 17.9 Å². The Morgan fingerprint density at radius 3 is 2.45 bits per heavy atom. The van der Waals surface area contributed by atoms with Crippen LogP contribution in [-0.4, -0.2) is 35.7 Å². The lowest BCUT2D eigenvalue weighted by atomic mass is 9.90. The Bertz CT molecular complexity index is 865. The molecule has 0 aromatic carbocycles. The third-order valence-corrected chi connectivity index (χ3v) is 5.78. The molecule has 1 aliphatic heterocycles. The minimum Gasteiger partial charge on any atom is -0.472 e. The molecule has 1 aliphatic rings. The van der Waals surface area contributed by atoms with E-state index in [9.17, 15) is 14.4 Å². The van der Waals surface area contributed by atoms with Gasteiger partial charge in [0.15, 0.2) is 0 Å². The Hall–Kier alpha value is -2.83. The highest BCUT2D eigenvalue weighted by atomic mass is 16.6. The predicted molar refractivity (Wildman–Crippen MR) is 123 cm³/mol. The Balaban J connectivity index is 1.98. The van der Waals surface area contributed by atoms with Crippen molar-refractivity contribution in [3.05, 3.63) is 47.5 Å². The van der Waals surface area contributed by atoms with Gasteiger partial charge in [0.2, 0.25) is 0 Å². The Morgan fingerprint density at radius 1 is 1.15 bits per heavy atom. The lowest BCUT2D eigenvalue weighted by Crippen LogP contribution is -2.42. The van der Waals surface area contributed by atoms with Gasteiger partial charge in [-0.2, -0.15) is 0 Å². The number of rotatable bonds is 12. The summed E-state index contributed by atoms with van der Waals surface area (Å²) in [4.78, 5) is 34.9. The van der Waals surface area contributed by atoms with Crippen LogP contribution in [0.1, 0.15) is 78.7 Å². The summed E-state index contributed by atoms with van der Waals surface area (Å²) in [7, 11) is 0. The van der Waals surface area contributed by atoms with Gasteiger partial charge < -0.3 is 18.6 Å². The van der Waals surface area contributed by atoms with Crippen molar-refractivity contribution in [2.24, 2.45) is 0 Å². The highest BCUT2D eigenvalue weighted by molar-refractivity contribution is 5.72. The molecule has 3 unspecified atom stereocenters. The van der Waals surface area contributed by atoms with E-state index in [4.69, 9.17) is 18.6 Å². The van der Waals surface area contributed by atoms with Crippen molar-refractivity contribution in [3.63, 3.8) is 0 Å². The maximum atomic E-state index is 11.6. The molecule has 1 aromatic heterocycles. The monoisotopic (exact) mass is 460 g/mol. The summed E-state index contributed by atoms with van der Waals surface area (Å²) in [6, 6.07) is 1.95. The first kappa shape index (κ1) is 26.4. The molecular formula is C26H36O7. The molecule has 0 amide bonds. The summed E-state index contributed by atoms with van der Waals surface area (Å²) >= 11 is 0. The molecule has 1 saturated heterocycles. The van der Waals surface area contributed by atoms with Gasteiger partial charge in [-0.15, -0.1) is 0 Å². The maximum absolute atomic E-state index is 11.6. The number of hydrogen-bond donors (Lipinski definition) is 0. The van der Waals surface area contributed by atoms with Crippen molar-refractivity contribution in [1.82, 2.24) is 0 Å². The zero-order valence-electron chi connectivity index (χ0n) is 20.3. The van der Waals surface area contributed by atoms with Crippen molar-refractivity contribution in [3.8, 4) is 0 Å². The van der Waals surface area contributed by atoms with Gasteiger partial charge in [0, 0.05) is 33.1 Å². The van der Waals surface area contributed by atoms with Crippen LogP contribution in [0.3, 0.4) is 0 Å². The zero-order chi connectivity index (χ0) is 24.4. The van der Waals surface area contributed by atoms with Gasteiger partial charge in [-0.3, -0.25) is 14.4 Å².